The van der Waals surface area contributed by atoms with Gasteiger partial charge in [-0.15, -0.1) is 11.3 Å². The molecule has 32 heavy (non-hydrogen) atoms. The molecule has 0 aliphatic heterocycles. The van der Waals surface area contributed by atoms with Gasteiger partial charge in [-0.3, -0.25) is 9.78 Å². The van der Waals surface area contributed by atoms with Crippen molar-refractivity contribution in [3.8, 4) is 11.3 Å². The number of hydrogen-bond acceptors (Lipinski definition) is 7. The van der Waals surface area contributed by atoms with Crippen LogP contribution in [0.2, 0.25) is 0 Å². The normalized spacial score (nSPS) is 12.7. The molecular weight excluding hydrogens is 459 g/mol. The number of thiazole rings is 1. The van der Waals surface area contributed by atoms with Crippen LogP contribution in [0.4, 0.5) is 9.52 Å². The van der Waals surface area contributed by atoms with Crippen molar-refractivity contribution in [1.82, 2.24) is 14.7 Å². The second-order valence-corrected chi connectivity index (χ2v) is 9.36. The Kier molecular flexibility index (Phi) is 5.91. The molecule has 0 spiro atoms. The molecule has 0 aliphatic rings. The van der Waals surface area contributed by atoms with Crippen molar-refractivity contribution in [1.29, 1.82) is 0 Å². The van der Waals surface area contributed by atoms with E-state index in [0.29, 0.717) is 22.4 Å². The third-order valence-corrected chi connectivity index (χ3v) is 6.84. The van der Waals surface area contributed by atoms with Crippen molar-refractivity contribution in [2.75, 3.05) is 5.32 Å². The summed E-state index contributed by atoms with van der Waals surface area (Å²) in [5, 5.41) is 4.60. The molecule has 1 amide bonds. The molecule has 2 aromatic carbocycles. The first-order chi connectivity index (χ1) is 15.2. The van der Waals surface area contributed by atoms with Crippen molar-refractivity contribution in [3.63, 3.8) is 0 Å². The summed E-state index contributed by atoms with van der Waals surface area (Å²) >= 11 is 1.17. The summed E-state index contributed by atoms with van der Waals surface area (Å²) in [4.78, 5) is 30.7. The molecule has 0 saturated heterocycles. The van der Waals surface area contributed by atoms with Crippen LogP contribution in [0.15, 0.2) is 62.0 Å². The van der Waals surface area contributed by atoms with E-state index in [4.69, 9.17) is 4.42 Å². The van der Waals surface area contributed by atoms with Gasteiger partial charge in [-0.25, -0.2) is 22.6 Å². The lowest BCUT2D eigenvalue weighted by molar-refractivity contribution is -0.117. The van der Waals surface area contributed by atoms with Gasteiger partial charge in [0, 0.05) is 10.9 Å². The zero-order valence-electron chi connectivity index (χ0n) is 16.6. The van der Waals surface area contributed by atoms with Crippen LogP contribution in [0, 0.1) is 5.82 Å². The minimum atomic E-state index is -4.02. The number of hydrogen-bond donors (Lipinski definition) is 3. The standard InChI is InChI=1S/C20H17FN4O5S2/c1-2-14(25-32(28,29)13-6-4-12(21)5-7-13)18(26)24-19-22-16(10-31-19)11-3-8-15-17(9-11)30-20(27)23-15/h3-10,14,25H,2H2,1H3,(H,23,27)(H,22,24,26). The predicted molar refractivity (Wildman–Crippen MR) is 117 cm³/mol. The SMILES string of the molecule is CCC(NS(=O)(=O)c1ccc(F)cc1)C(=O)Nc1nc(-c2ccc3[nH]c(=O)oc3c2)cs1. The number of carbonyl (C=O) groups excluding carboxylic acids is 1. The number of nitrogens with one attached hydrogen (secondary N) is 3. The van der Waals surface area contributed by atoms with E-state index in [2.05, 4.69) is 20.0 Å². The Balaban J connectivity index is 1.48. The summed E-state index contributed by atoms with van der Waals surface area (Å²) in [5.41, 5.74) is 2.17. The Morgan fingerprint density at radius 1 is 1.25 bits per heavy atom. The number of carbonyl (C=O) groups is 1. The molecule has 4 rings (SSSR count). The molecule has 4 aromatic rings. The highest BCUT2D eigenvalue weighted by Crippen LogP contribution is 2.27. The molecule has 0 fully saturated rings. The van der Waals surface area contributed by atoms with E-state index in [-0.39, 0.29) is 16.4 Å². The fourth-order valence-corrected chi connectivity index (χ4v) is 4.95. The highest BCUT2D eigenvalue weighted by Gasteiger charge is 2.25. The van der Waals surface area contributed by atoms with Gasteiger partial charge in [-0.1, -0.05) is 13.0 Å². The quantitative estimate of drug-likeness (QED) is 0.375. The molecule has 166 valence electrons. The number of halogens is 1. The molecule has 1 unspecified atom stereocenters. The molecule has 0 saturated carbocycles. The maximum atomic E-state index is 13.1. The number of nitrogens with zero attached hydrogens (tertiary/aromatic N) is 1. The Morgan fingerprint density at radius 2 is 2.00 bits per heavy atom. The first kappa shape index (κ1) is 21.9. The maximum Gasteiger partial charge on any atom is 0.417 e. The average Bonchev–Trinajstić information content (AvgIpc) is 3.37. The molecular formula is C20H17FN4O5S2. The van der Waals surface area contributed by atoms with Crippen LogP contribution in [0.5, 0.6) is 0 Å². The van der Waals surface area contributed by atoms with Gasteiger partial charge in [0.25, 0.3) is 0 Å². The lowest BCUT2D eigenvalue weighted by atomic mass is 10.1. The van der Waals surface area contributed by atoms with Gasteiger partial charge in [0.2, 0.25) is 15.9 Å². The first-order valence-electron chi connectivity index (χ1n) is 9.42. The number of benzene rings is 2. The van der Waals surface area contributed by atoms with Crippen LogP contribution in [-0.4, -0.2) is 30.3 Å². The van der Waals surface area contributed by atoms with Crippen molar-refractivity contribution in [2.45, 2.75) is 24.3 Å². The van der Waals surface area contributed by atoms with Gasteiger partial charge >= 0.3 is 5.76 Å². The number of aromatic nitrogens is 2. The van der Waals surface area contributed by atoms with E-state index in [0.717, 1.165) is 24.3 Å². The highest BCUT2D eigenvalue weighted by molar-refractivity contribution is 7.89. The monoisotopic (exact) mass is 476 g/mol. The average molecular weight is 477 g/mol. The van der Waals surface area contributed by atoms with E-state index < -0.39 is 33.5 Å². The van der Waals surface area contributed by atoms with Crippen LogP contribution in [-0.2, 0) is 14.8 Å². The van der Waals surface area contributed by atoms with E-state index in [9.17, 15) is 22.4 Å². The van der Waals surface area contributed by atoms with Gasteiger partial charge in [-0.05, 0) is 42.8 Å². The van der Waals surface area contributed by atoms with Crippen LogP contribution in [0.3, 0.4) is 0 Å². The number of fused-ring (bicyclic) bond motifs is 1. The number of sulfonamides is 1. The van der Waals surface area contributed by atoms with E-state index in [1.54, 1.807) is 30.5 Å². The van der Waals surface area contributed by atoms with Crippen molar-refractivity contribution in [2.24, 2.45) is 0 Å². The number of oxazole rings is 1. The summed E-state index contributed by atoms with van der Waals surface area (Å²) in [5.74, 6) is -1.70. The summed E-state index contributed by atoms with van der Waals surface area (Å²) in [6.07, 6.45) is 0.188. The second-order valence-electron chi connectivity index (χ2n) is 6.79. The Hall–Kier alpha value is -3.35. The molecule has 0 bridgehead atoms. The van der Waals surface area contributed by atoms with Crippen molar-refractivity contribution < 1.29 is 22.0 Å². The van der Waals surface area contributed by atoms with Gasteiger partial charge in [0.1, 0.15) is 11.9 Å². The van der Waals surface area contributed by atoms with Gasteiger partial charge in [0.05, 0.1) is 16.1 Å². The van der Waals surface area contributed by atoms with Gasteiger partial charge in [0.15, 0.2) is 10.7 Å². The number of rotatable bonds is 7. The predicted octanol–water partition coefficient (Wildman–Crippen LogP) is 3.08. The summed E-state index contributed by atoms with van der Waals surface area (Å²) in [6, 6.07) is 8.34. The summed E-state index contributed by atoms with van der Waals surface area (Å²) < 4.78 is 45.5. The molecule has 12 heteroatoms. The number of H-pyrrole nitrogens is 1. The zero-order chi connectivity index (χ0) is 22.9. The van der Waals surface area contributed by atoms with Crippen LogP contribution < -0.4 is 15.8 Å². The number of amides is 1. The molecule has 1 atom stereocenters. The Labute approximate surface area is 185 Å². The van der Waals surface area contributed by atoms with Crippen LogP contribution in [0.1, 0.15) is 13.3 Å². The lowest BCUT2D eigenvalue weighted by Crippen LogP contribution is -2.43. The molecule has 2 aromatic heterocycles. The molecule has 0 aliphatic carbocycles. The van der Waals surface area contributed by atoms with E-state index in [1.165, 1.54) is 11.3 Å². The Morgan fingerprint density at radius 3 is 2.72 bits per heavy atom. The number of anilines is 1. The minimum Gasteiger partial charge on any atom is -0.408 e. The summed E-state index contributed by atoms with van der Waals surface area (Å²) in [7, 11) is -4.02. The molecule has 0 radical (unpaired) electrons. The fraction of sp³-hybridized carbons (Fsp3) is 0.150. The first-order valence-corrected chi connectivity index (χ1v) is 11.8. The van der Waals surface area contributed by atoms with E-state index >= 15 is 0 Å². The molecule has 2 heterocycles. The smallest absolute Gasteiger partial charge is 0.408 e. The van der Waals surface area contributed by atoms with Gasteiger partial charge < -0.3 is 9.73 Å². The van der Waals surface area contributed by atoms with E-state index in [1.807, 2.05) is 0 Å². The molecule has 9 nitrogen and oxygen atoms in total. The maximum absolute atomic E-state index is 13.1. The zero-order valence-corrected chi connectivity index (χ0v) is 18.2. The van der Waals surface area contributed by atoms with Gasteiger partial charge in [-0.2, -0.15) is 4.72 Å². The van der Waals surface area contributed by atoms with Crippen LogP contribution >= 0.6 is 11.3 Å². The third-order valence-electron chi connectivity index (χ3n) is 4.60. The van der Waals surface area contributed by atoms with Crippen molar-refractivity contribution in [3.05, 3.63) is 64.2 Å². The Bertz CT molecular complexity index is 1440. The lowest BCUT2D eigenvalue weighted by Gasteiger charge is -2.16. The molecule has 3 N–H and O–H groups in total. The summed E-state index contributed by atoms with van der Waals surface area (Å²) in [6.45, 7) is 1.66. The van der Waals surface area contributed by atoms with Crippen LogP contribution in [0.25, 0.3) is 22.4 Å². The topological polar surface area (TPSA) is 134 Å². The largest absolute Gasteiger partial charge is 0.417 e. The number of aromatic amines is 1. The second kappa shape index (κ2) is 8.65. The van der Waals surface area contributed by atoms with Crippen molar-refractivity contribution >= 4 is 43.5 Å². The fourth-order valence-electron chi connectivity index (χ4n) is 2.95. The third kappa shape index (κ3) is 4.61. The minimum absolute atomic E-state index is 0.145. The highest BCUT2D eigenvalue weighted by atomic mass is 32.2.